The summed E-state index contributed by atoms with van der Waals surface area (Å²) in [7, 11) is 1.45. The van der Waals surface area contributed by atoms with E-state index in [1.54, 1.807) is 17.6 Å². The molecule has 0 amide bonds. The van der Waals surface area contributed by atoms with E-state index in [1.807, 2.05) is 14.0 Å². The van der Waals surface area contributed by atoms with Gasteiger partial charge in [-0.05, 0) is 0 Å². The molecule has 1 aromatic rings. The fourth-order valence-corrected chi connectivity index (χ4v) is 1.71. The highest BCUT2D eigenvalue weighted by molar-refractivity contribution is 5.76. The maximum atomic E-state index is 10.5. The lowest BCUT2D eigenvalue weighted by Crippen LogP contribution is -2.68. The number of aromatic nitrogens is 1. The summed E-state index contributed by atoms with van der Waals surface area (Å²) in [4.78, 5) is 10.5. The first-order chi connectivity index (χ1) is 10.1. The predicted octanol–water partition coefficient (Wildman–Crippen LogP) is -4.07. The zero-order valence-corrected chi connectivity index (χ0v) is 13.4. The quantitative estimate of drug-likeness (QED) is 0.399. The van der Waals surface area contributed by atoms with E-state index < -0.39 is 10.2 Å². The van der Waals surface area contributed by atoms with Crippen LogP contribution in [0.1, 0.15) is 11.4 Å². The number of rotatable bonds is 4. The van der Waals surface area contributed by atoms with Crippen molar-refractivity contribution in [2.45, 2.75) is 6.92 Å². The van der Waals surface area contributed by atoms with E-state index in [-0.39, 0.29) is 0 Å². The van der Waals surface area contributed by atoms with Crippen LogP contribution in [0.2, 0.25) is 0 Å². The van der Waals surface area contributed by atoms with Gasteiger partial charge in [-0.3, -0.25) is 0 Å². The van der Waals surface area contributed by atoms with Gasteiger partial charge in [0, 0.05) is 6.92 Å². The van der Waals surface area contributed by atoms with Crippen molar-refractivity contribution >= 4 is 12.0 Å². The van der Waals surface area contributed by atoms with Crippen LogP contribution in [-0.4, -0.2) is 27.3 Å². The smallest absolute Gasteiger partial charge is 0.262 e. The van der Waals surface area contributed by atoms with Crippen LogP contribution in [-0.2, 0) is 11.8 Å². The first-order valence-electron chi connectivity index (χ1n) is 5.63. The summed E-state index contributed by atoms with van der Waals surface area (Å²) in [6, 6.07) is 0. The van der Waals surface area contributed by atoms with Gasteiger partial charge in [0.15, 0.2) is 0 Å². The number of halogens is 1. The van der Waals surface area contributed by atoms with Crippen molar-refractivity contribution in [2.75, 3.05) is 21.3 Å². The molecule has 22 heavy (non-hydrogen) atoms. The molecule has 0 saturated heterocycles. The van der Waals surface area contributed by atoms with Gasteiger partial charge in [-0.15, -0.1) is 10.2 Å². The molecule has 10 heteroatoms. The van der Waals surface area contributed by atoms with Crippen molar-refractivity contribution in [3.63, 3.8) is 0 Å². The van der Waals surface area contributed by atoms with Crippen LogP contribution in [0, 0.1) is 17.2 Å². The fourth-order valence-electron chi connectivity index (χ4n) is 1.71. The summed E-state index contributed by atoms with van der Waals surface area (Å²) in [6.45, 7) is 1.86. The van der Waals surface area contributed by atoms with Gasteiger partial charge in [-0.2, -0.15) is 4.57 Å². The largest absolute Gasteiger partial charge is 0.489 e. The Morgan fingerprint density at radius 2 is 1.41 bits per heavy atom. The maximum absolute atomic E-state index is 10.5. The van der Waals surface area contributed by atoms with Gasteiger partial charge in [-0.25, -0.2) is 23.4 Å². The standard InChI is InChI=1S/C12H16NO4.ClHO4/c1-8-10(15-3)12(17-5)11(16-4)9(6-7-14)13(8)2;2-1(3,4)5/h6H,1-5H3;(H,2,3,4,5)/q+1;/p-1. The Hall–Kier alpha value is -1.87. The van der Waals surface area contributed by atoms with Crippen LogP contribution in [0.5, 0.6) is 17.2 Å². The maximum Gasteiger partial charge on any atom is 0.262 e. The van der Waals surface area contributed by atoms with Gasteiger partial charge in [0.25, 0.3) is 5.69 Å². The normalized spacial score (nSPS) is 10.0. The van der Waals surface area contributed by atoms with Crippen molar-refractivity contribution in [3.05, 3.63) is 11.4 Å². The molecule has 124 valence electrons. The first kappa shape index (κ1) is 20.1. The van der Waals surface area contributed by atoms with Gasteiger partial charge < -0.3 is 14.2 Å². The molecule has 0 aliphatic carbocycles. The molecular weight excluding hydrogens is 322 g/mol. The number of nitrogens with zero attached hydrogens (tertiary/aromatic N) is 1. The minimum Gasteiger partial charge on any atom is -0.489 e. The Morgan fingerprint density at radius 1 is 1.00 bits per heavy atom. The van der Waals surface area contributed by atoms with Crippen molar-refractivity contribution in [2.24, 2.45) is 7.05 Å². The minimum atomic E-state index is -4.94. The summed E-state index contributed by atoms with van der Waals surface area (Å²) in [5, 5.41) is 0. The van der Waals surface area contributed by atoms with Crippen LogP contribution in [0.25, 0.3) is 6.08 Å². The molecule has 0 spiro atoms. The van der Waals surface area contributed by atoms with Crippen molar-refractivity contribution < 1.29 is 52.5 Å². The van der Waals surface area contributed by atoms with E-state index >= 15 is 0 Å². The van der Waals surface area contributed by atoms with Crippen LogP contribution < -0.4 is 37.4 Å². The molecule has 0 fully saturated rings. The fraction of sp³-hybridized carbons (Fsp3) is 0.417. The van der Waals surface area contributed by atoms with Gasteiger partial charge in [0.05, 0.1) is 27.4 Å². The van der Waals surface area contributed by atoms with E-state index in [1.165, 1.54) is 20.3 Å². The van der Waals surface area contributed by atoms with Gasteiger partial charge >= 0.3 is 0 Å². The lowest BCUT2D eigenvalue weighted by Gasteiger charge is -2.17. The molecule has 0 aromatic carbocycles. The molecule has 0 saturated carbocycles. The lowest BCUT2D eigenvalue weighted by atomic mass is 10.2. The summed E-state index contributed by atoms with van der Waals surface area (Å²) < 4.78 is 51.6. The topological polar surface area (TPSA) is 141 Å². The van der Waals surface area contributed by atoms with Gasteiger partial charge in [0.2, 0.25) is 22.9 Å². The van der Waals surface area contributed by atoms with Crippen LogP contribution in [0.15, 0.2) is 0 Å². The monoisotopic (exact) mass is 337 g/mol. The number of ether oxygens (including phenoxy) is 3. The zero-order chi connectivity index (χ0) is 17.5. The van der Waals surface area contributed by atoms with E-state index in [9.17, 15) is 4.79 Å². The molecule has 0 bridgehead atoms. The van der Waals surface area contributed by atoms with Gasteiger partial charge in [0.1, 0.15) is 13.0 Å². The Kier molecular flexibility index (Phi) is 7.82. The third-order valence-corrected chi connectivity index (χ3v) is 2.65. The highest BCUT2D eigenvalue weighted by Gasteiger charge is 2.28. The summed E-state index contributed by atoms with van der Waals surface area (Å²) in [5.41, 5.74) is 1.41. The molecular formula is C12H16ClNO8. The lowest BCUT2D eigenvalue weighted by molar-refractivity contribution is -2.00. The predicted molar refractivity (Wildman–Crippen MR) is 62.2 cm³/mol. The average Bonchev–Trinajstić information content (AvgIpc) is 2.42. The average molecular weight is 338 g/mol. The molecule has 0 atom stereocenters. The molecule has 9 nitrogen and oxygen atoms in total. The van der Waals surface area contributed by atoms with Crippen molar-refractivity contribution in [3.8, 4) is 17.2 Å². The molecule has 0 N–H and O–H groups in total. The van der Waals surface area contributed by atoms with E-state index in [0.717, 1.165) is 5.69 Å². The molecule has 0 aliphatic rings. The third-order valence-electron chi connectivity index (χ3n) is 2.65. The first-order valence-corrected chi connectivity index (χ1v) is 6.86. The van der Waals surface area contributed by atoms with E-state index in [0.29, 0.717) is 22.9 Å². The van der Waals surface area contributed by atoms with Crippen molar-refractivity contribution in [1.29, 1.82) is 0 Å². The highest BCUT2D eigenvalue weighted by atomic mass is 35.7. The minimum absolute atomic E-state index is 0.445. The molecule has 0 aliphatic heterocycles. The summed E-state index contributed by atoms with van der Waals surface area (Å²) in [6.07, 6.45) is 1.30. The number of carbonyl (C=O) groups excluding carboxylic acids is 1. The summed E-state index contributed by atoms with van der Waals surface area (Å²) >= 11 is 0. The van der Waals surface area contributed by atoms with Crippen LogP contribution in [0.4, 0.5) is 0 Å². The SMILES string of the molecule is COc1c(OC)c(C)[n+](C)c(C=C=O)c1OC.[O-][Cl+3]([O-])([O-])[O-]. The number of hydrogen-bond acceptors (Lipinski definition) is 8. The van der Waals surface area contributed by atoms with Crippen LogP contribution in [0.3, 0.4) is 0 Å². The molecule has 1 heterocycles. The Bertz CT molecular complexity index is 557. The van der Waals surface area contributed by atoms with E-state index in [2.05, 4.69) is 0 Å². The van der Waals surface area contributed by atoms with Gasteiger partial charge in [-0.1, -0.05) is 0 Å². The zero-order valence-electron chi connectivity index (χ0n) is 12.7. The second-order valence-electron chi connectivity index (χ2n) is 3.77. The third kappa shape index (κ3) is 5.49. The second-order valence-corrected chi connectivity index (χ2v) is 4.53. The van der Waals surface area contributed by atoms with Crippen molar-refractivity contribution in [1.82, 2.24) is 0 Å². The summed E-state index contributed by atoms with van der Waals surface area (Å²) in [5.74, 6) is 3.23. The van der Waals surface area contributed by atoms with E-state index in [4.69, 9.17) is 32.8 Å². The molecule has 1 rings (SSSR count). The number of pyridine rings is 1. The Morgan fingerprint density at radius 3 is 1.73 bits per heavy atom. The molecule has 0 radical (unpaired) electrons. The number of hydrogen-bond donors (Lipinski definition) is 0. The molecule has 1 aromatic heterocycles. The number of methoxy groups -OCH3 is 3. The highest BCUT2D eigenvalue weighted by Crippen LogP contribution is 2.39. The second kappa shape index (κ2) is 8.54. The molecule has 0 unspecified atom stereocenters. The Labute approximate surface area is 129 Å². The Balaban J connectivity index is 0.000000763. The van der Waals surface area contributed by atoms with Crippen LogP contribution >= 0.6 is 0 Å².